The maximum atomic E-state index is 10.4. The fraction of sp³-hybridized carbons (Fsp3) is 0.857. The van der Waals surface area contributed by atoms with Crippen LogP contribution in [0.2, 0.25) is 0 Å². The first-order valence-electron chi connectivity index (χ1n) is 4.41. The van der Waals surface area contributed by atoms with E-state index in [1.807, 2.05) is 0 Å². The highest BCUT2D eigenvalue weighted by Gasteiger charge is 2.77. The van der Waals surface area contributed by atoms with Crippen LogP contribution in [0, 0.1) is 0 Å². The molecule has 1 N–H and O–H groups in total. The lowest BCUT2D eigenvalue weighted by Gasteiger charge is -2.50. The van der Waals surface area contributed by atoms with Crippen LogP contribution in [0.4, 0.5) is 0 Å². The summed E-state index contributed by atoms with van der Waals surface area (Å²) < 4.78 is -16.0. The monoisotopic (exact) mass is 570 g/mol. The van der Waals surface area contributed by atoms with Crippen LogP contribution in [0.3, 0.4) is 0 Å². The molecule has 0 rings (SSSR count). The summed E-state index contributed by atoms with van der Waals surface area (Å²) in [6.07, 6.45) is 1.13. The second-order valence-electron chi connectivity index (χ2n) is 3.60. The number of halogens is 13. The van der Waals surface area contributed by atoms with Crippen molar-refractivity contribution in [2.24, 2.45) is 0 Å². The van der Waals surface area contributed by atoms with Crippen LogP contribution < -0.4 is 5.32 Å². The second-order valence-corrected chi connectivity index (χ2v) is 12.5. The molecule has 0 fully saturated rings. The Balaban J connectivity index is 6.16. The van der Waals surface area contributed by atoms with Crippen molar-refractivity contribution < 1.29 is 4.79 Å². The first kappa shape index (κ1) is 25.2. The van der Waals surface area contributed by atoms with Gasteiger partial charge in [0.1, 0.15) is 0 Å². The van der Waals surface area contributed by atoms with Crippen LogP contribution >= 0.6 is 151 Å². The van der Waals surface area contributed by atoms with Gasteiger partial charge in [-0.15, -0.1) is 0 Å². The molecule has 0 aromatic heterocycles. The third kappa shape index (κ3) is 4.21. The fourth-order valence-electron chi connectivity index (χ4n) is 0.912. The summed E-state index contributed by atoms with van der Waals surface area (Å²) in [6.45, 7) is 0. The summed E-state index contributed by atoms with van der Waals surface area (Å²) in [5.74, 6) is 0. The molecule has 0 spiro atoms. The highest BCUT2D eigenvalue weighted by Crippen LogP contribution is 2.68. The summed E-state index contributed by atoms with van der Waals surface area (Å²) >= 11 is 75.7. The van der Waals surface area contributed by atoms with Crippen molar-refractivity contribution in [3.63, 3.8) is 0 Å². The number of carbonyl (C=O) groups excluding carboxylic acids is 1. The van der Waals surface area contributed by atoms with Gasteiger partial charge in [0.25, 0.3) is 0 Å². The molecule has 15 heteroatoms. The SMILES string of the molecule is O=[C]NC(Cl)(Cl)C(Cl)(Cl)C(Cl)(Cl)C(Cl)(Cl)C(Cl)(Cl)C(Cl)(Cl)Cl. The Morgan fingerprint density at radius 1 is 0.545 bits per heavy atom. The van der Waals surface area contributed by atoms with Crippen LogP contribution in [0.5, 0.6) is 0 Å². The Bertz CT molecular complexity index is 425. The van der Waals surface area contributed by atoms with E-state index in [1.165, 1.54) is 0 Å². The molecule has 0 aromatic rings. The molecule has 0 saturated heterocycles. The van der Waals surface area contributed by atoms with E-state index in [0.717, 1.165) is 6.41 Å². The van der Waals surface area contributed by atoms with Crippen molar-refractivity contribution in [2.75, 3.05) is 0 Å². The van der Waals surface area contributed by atoms with Crippen molar-refractivity contribution >= 4 is 157 Å². The highest BCUT2D eigenvalue weighted by molar-refractivity contribution is 6.82. The van der Waals surface area contributed by atoms with Crippen LogP contribution in [0.1, 0.15) is 0 Å². The molecule has 0 aliphatic rings. The van der Waals surface area contributed by atoms with Gasteiger partial charge in [-0.1, -0.05) is 151 Å². The van der Waals surface area contributed by atoms with Crippen LogP contribution in [0.25, 0.3) is 0 Å². The van der Waals surface area contributed by atoms with Gasteiger partial charge in [0, 0.05) is 0 Å². The first-order valence-corrected chi connectivity index (χ1v) is 9.32. The standard InChI is InChI=1S/C7HCl13NO/c8-2(9,4(12,13)6(16,17)18)3(10,11)5(14,15)7(19,20)21-1-22/h(H,21,22). The molecule has 0 saturated carbocycles. The fourth-order valence-corrected chi connectivity index (χ4v) is 4.36. The molecule has 0 aromatic carbocycles. The topological polar surface area (TPSA) is 29.1 Å². The molecule has 0 bridgehead atoms. The van der Waals surface area contributed by atoms with E-state index < -0.39 is 25.6 Å². The third-order valence-electron chi connectivity index (χ3n) is 2.14. The number of amides is 1. The number of nitrogens with one attached hydrogen (secondary N) is 1. The van der Waals surface area contributed by atoms with E-state index in [2.05, 4.69) is 0 Å². The van der Waals surface area contributed by atoms with E-state index in [1.54, 1.807) is 5.32 Å². The van der Waals surface area contributed by atoms with Gasteiger partial charge < -0.3 is 5.32 Å². The molecule has 0 heterocycles. The maximum Gasteiger partial charge on any atom is 0.311 e. The Hall–Kier alpha value is 3.24. The average Bonchev–Trinajstić information content (AvgIpc) is 2.26. The molecule has 1 radical (unpaired) electrons. The van der Waals surface area contributed by atoms with Crippen LogP contribution in [-0.4, -0.2) is 32.0 Å². The molecule has 0 atom stereocenters. The van der Waals surface area contributed by atoms with Gasteiger partial charge in [0.2, 0.25) is 16.9 Å². The lowest BCUT2D eigenvalue weighted by molar-refractivity contribution is 0.467. The highest BCUT2D eigenvalue weighted by atomic mass is 35.6. The van der Waals surface area contributed by atoms with Gasteiger partial charge in [0.15, 0.2) is 8.67 Å². The number of alkyl halides is 13. The normalized spacial score (nSPS) is 15.7. The van der Waals surface area contributed by atoms with Gasteiger partial charge in [-0.3, -0.25) is 4.79 Å². The number of hydrogen-bond donors (Lipinski definition) is 1. The molecule has 1 amide bonds. The number of hydrogen-bond acceptors (Lipinski definition) is 1. The Labute approximate surface area is 191 Å². The first-order chi connectivity index (χ1) is 9.31. The van der Waals surface area contributed by atoms with Crippen molar-refractivity contribution in [1.82, 2.24) is 5.32 Å². The van der Waals surface area contributed by atoms with Gasteiger partial charge in [-0.05, 0) is 0 Å². The molecule has 22 heavy (non-hydrogen) atoms. The minimum atomic E-state index is -2.80. The summed E-state index contributed by atoms with van der Waals surface area (Å²) in [5, 5.41) is 1.72. The second kappa shape index (κ2) is 7.70. The summed E-state index contributed by atoms with van der Waals surface area (Å²) in [4.78, 5) is 10.4. The zero-order valence-electron chi connectivity index (χ0n) is 9.32. The van der Waals surface area contributed by atoms with E-state index in [4.69, 9.17) is 151 Å². The van der Waals surface area contributed by atoms with E-state index in [9.17, 15) is 4.79 Å². The summed E-state index contributed by atoms with van der Waals surface area (Å²) in [5.41, 5.74) is 0. The molecule has 0 aliphatic heterocycles. The van der Waals surface area contributed by atoms with E-state index in [-0.39, 0.29) is 0 Å². The van der Waals surface area contributed by atoms with E-state index in [0.29, 0.717) is 0 Å². The van der Waals surface area contributed by atoms with Crippen molar-refractivity contribution in [2.45, 2.75) is 25.6 Å². The predicted octanol–water partition coefficient (Wildman–Crippen LogP) is 6.84. The summed E-state index contributed by atoms with van der Waals surface area (Å²) in [6, 6.07) is 0. The van der Waals surface area contributed by atoms with Crippen LogP contribution in [-0.2, 0) is 4.79 Å². The third-order valence-corrected chi connectivity index (χ3v) is 10.4. The molecule has 0 aliphatic carbocycles. The van der Waals surface area contributed by atoms with Crippen molar-refractivity contribution in [3.05, 3.63) is 0 Å². The average molecular weight is 576 g/mol. The summed E-state index contributed by atoms with van der Waals surface area (Å²) in [7, 11) is 0. The smallest absolute Gasteiger partial charge is 0.311 e. The van der Waals surface area contributed by atoms with Crippen molar-refractivity contribution in [1.29, 1.82) is 0 Å². The minimum Gasteiger partial charge on any atom is -0.314 e. The molecule has 2 nitrogen and oxygen atoms in total. The van der Waals surface area contributed by atoms with Gasteiger partial charge in [-0.2, -0.15) is 0 Å². The zero-order valence-corrected chi connectivity index (χ0v) is 19.1. The largest absolute Gasteiger partial charge is 0.314 e. The molecular weight excluding hydrogens is 575 g/mol. The molecule has 0 unspecified atom stereocenters. The lowest BCUT2D eigenvalue weighted by Crippen LogP contribution is -2.68. The number of rotatable bonds is 6. The predicted molar refractivity (Wildman–Crippen MR) is 101 cm³/mol. The van der Waals surface area contributed by atoms with Gasteiger partial charge in [-0.25, -0.2) is 0 Å². The quantitative estimate of drug-likeness (QED) is 0.210. The maximum absolute atomic E-state index is 10.4. The van der Waals surface area contributed by atoms with E-state index >= 15 is 0 Å². The zero-order chi connectivity index (χ0) is 18.4. The lowest BCUT2D eigenvalue weighted by atomic mass is 10.1. The minimum absolute atomic E-state index is 1.13. The molecule has 131 valence electrons. The Morgan fingerprint density at radius 3 is 1.14 bits per heavy atom. The van der Waals surface area contributed by atoms with Crippen LogP contribution in [0.15, 0.2) is 0 Å². The molecular formula is C7HCl13NO. The Kier molecular flexibility index (Phi) is 8.83. The van der Waals surface area contributed by atoms with Gasteiger partial charge >= 0.3 is 6.41 Å². The van der Waals surface area contributed by atoms with Crippen molar-refractivity contribution in [3.8, 4) is 0 Å². The van der Waals surface area contributed by atoms with Gasteiger partial charge in [0.05, 0.1) is 0 Å². The Morgan fingerprint density at radius 2 is 0.864 bits per heavy atom.